The van der Waals surface area contributed by atoms with E-state index in [1.165, 1.54) is 16.9 Å². The molecule has 7 rings (SSSR count). The molecule has 1 aliphatic carbocycles. The van der Waals surface area contributed by atoms with Crippen molar-refractivity contribution in [3.8, 4) is 23.0 Å². The lowest BCUT2D eigenvalue weighted by Gasteiger charge is -2.31. The summed E-state index contributed by atoms with van der Waals surface area (Å²) in [5.74, 6) is 2.35. The molecule has 0 spiro atoms. The third-order valence-corrected chi connectivity index (χ3v) is 10.3. The number of nitrogens with zero attached hydrogens (tertiary/aromatic N) is 2. The quantitative estimate of drug-likeness (QED) is 0.167. The zero-order valence-corrected chi connectivity index (χ0v) is 29.0. The number of benzene rings is 4. The minimum atomic E-state index is -0.346. The van der Waals surface area contributed by atoms with E-state index in [0.29, 0.717) is 48.4 Å². The molecule has 4 aromatic carbocycles. The fourth-order valence-electron chi connectivity index (χ4n) is 6.20. The topological polar surface area (TPSA) is 71.3 Å². The van der Waals surface area contributed by atoms with Gasteiger partial charge in [0.2, 0.25) is 0 Å². The number of hydrogen-bond donors (Lipinski definition) is 0. The molecule has 0 unspecified atom stereocenters. The van der Waals surface area contributed by atoms with Crippen molar-refractivity contribution >= 4 is 50.6 Å². The molecule has 1 aromatic heterocycles. The Morgan fingerprint density at radius 3 is 2.47 bits per heavy atom. The summed E-state index contributed by atoms with van der Waals surface area (Å²) in [6.45, 7) is 0.341. The molecule has 238 valence electrons. The summed E-state index contributed by atoms with van der Waals surface area (Å²) in [7, 11) is 4.83. The molecule has 47 heavy (non-hydrogen) atoms. The summed E-state index contributed by atoms with van der Waals surface area (Å²) in [4.78, 5) is 20.1. The molecule has 5 aromatic rings. The number of halogens is 2. The number of aryl methyl sites for hydroxylation is 1. The second-order valence-corrected chi connectivity index (χ2v) is 13.5. The summed E-state index contributed by atoms with van der Waals surface area (Å²) in [6, 6.07) is 25.2. The number of ether oxygens (including phenoxy) is 4. The first-order chi connectivity index (χ1) is 22.9. The Morgan fingerprint density at radius 2 is 1.70 bits per heavy atom. The number of aromatic nitrogens is 1. The van der Waals surface area contributed by atoms with Crippen molar-refractivity contribution in [3.05, 3.63) is 141 Å². The van der Waals surface area contributed by atoms with Gasteiger partial charge in [0, 0.05) is 10.6 Å². The van der Waals surface area contributed by atoms with Crippen molar-refractivity contribution < 1.29 is 18.9 Å². The summed E-state index contributed by atoms with van der Waals surface area (Å²) in [6.07, 6.45) is 3.54. The maximum absolute atomic E-state index is 14.3. The molecule has 0 amide bonds. The molecular weight excluding hydrogens is 700 g/mol. The van der Waals surface area contributed by atoms with Gasteiger partial charge in [-0.05, 0) is 99.1 Å². The monoisotopic (exact) mass is 728 g/mol. The summed E-state index contributed by atoms with van der Waals surface area (Å²) < 4.78 is 26.1. The molecule has 0 saturated heterocycles. The number of methoxy groups -OCH3 is 3. The number of thiazole rings is 1. The van der Waals surface area contributed by atoms with Crippen LogP contribution in [0.5, 0.6) is 23.0 Å². The molecule has 1 atom stereocenters. The van der Waals surface area contributed by atoms with Gasteiger partial charge >= 0.3 is 0 Å². The van der Waals surface area contributed by atoms with E-state index >= 15 is 0 Å². The predicted molar refractivity (Wildman–Crippen MR) is 189 cm³/mol. The van der Waals surface area contributed by atoms with Gasteiger partial charge in [0.05, 0.1) is 42.1 Å². The third kappa shape index (κ3) is 5.88. The van der Waals surface area contributed by atoms with Gasteiger partial charge in [-0.15, -0.1) is 0 Å². The van der Waals surface area contributed by atoms with E-state index in [2.05, 4.69) is 34.1 Å². The van der Waals surface area contributed by atoms with E-state index in [0.717, 1.165) is 46.4 Å². The molecule has 0 radical (unpaired) electrons. The Bertz CT molecular complexity index is 2230. The third-order valence-electron chi connectivity index (χ3n) is 8.44. The number of rotatable bonds is 8. The van der Waals surface area contributed by atoms with Crippen LogP contribution in [0.25, 0.3) is 11.8 Å². The van der Waals surface area contributed by atoms with Gasteiger partial charge in [-0.3, -0.25) is 9.36 Å². The Balaban J connectivity index is 1.34. The molecule has 0 saturated carbocycles. The Morgan fingerprint density at radius 1 is 0.936 bits per heavy atom. The molecular formula is C37H30BrClN2O5S. The van der Waals surface area contributed by atoms with Gasteiger partial charge in [0.15, 0.2) is 27.8 Å². The summed E-state index contributed by atoms with van der Waals surface area (Å²) in [5, 5.41) is 0.669. The first kappa shape index (κ1) is 31.3. The first-order valence-electron chi connectivity index (χ1n) is 15.0. The van der Waals surface area contributed by atoms with Crippen molar-refractivity contribution in [3.63, 3.8) is 0 Å². The molecule has 7 nitrogen and oxygen atoms in total. The normalized spacial score (nSPS) is 15.3. The fourth-order valence-corrected chi connectivity index (χ4v) is 7.90. The van der Waals surface area contributed by atoms with Crippen molar-refractivity contribution in [1.29, 1.82) is 0 Å². The van der Waals surface area contributed by atoms with Crippen LogP contribution in [-0.4, -0.2) is 25.9 Å². The first-order valence-corrected chi connectivity index (χ1v) is 17.0. The van der Waals surface area contributed by atoms with Crippen molar-refractivity contribution in [1.82, 2.24) is 4.57 Å². The molecule has 0 bridgehead atoms. The van der Waals surface area contributed by atoms with Gasteiger partial charge in [-0.1, -0.05) is 65.4 Å². The van der Waals surface area contributed by atoms with Crippen molar-refractivity contribution in [2.45, 2.75) is 25.5 Å². The van der Waals surface area contributed by atoms with Crippen molar-refractivity contribution in [2.75, 3.05) is 21.3 Å². The minimum Gasteiger partial charge on any atom is -0.493 e. The van der Waals surface area contributed by atoms with E-state index in [1.54, 1.807) is 21.3 Å². The highest BCUT2D eigenvalue weighted by molar-refractivity contribution is 9.10. The molecule has 1 aliphatic heterocycles. The molecule has 2 heterocycles. The van der Waals surface area contributed by atoms with Crippen LogP contribution in [0, 0.1) is 0 Å². The molecule has 0 fully saturated rings. The second-order valence-electron chi connectivity index (χ2n) is 11.2. The Kier molecular flexibility index (Phi) is 8.70. The number of allylic oxidation sites excluding steroid dienone is 1. The largest absolute Gasteiger partial charge is 0.493 e. The summed E-state index contributed by atoms with van der Waals surface area (Å²) in [5.41, 5.74) is 7.00. The maximum Gasteiger partial charge on any atom is 0.271 e. The average Bonchev–Trinajstić information content (AvgIpc) is 3.40. The van der Waals surface area contributed by atoms with Crippen LogP contribution in [-0.2, 0) is 13.0 Å². The smallest absolute Gasteiger partial charge is 0.271 e. The van der Waals surface area contributed by atoms with Gasteiger partial charge in [0.1, 0.15) is 6.61 Å². The zero-order chi connectivity index (χ0) is 32.7. The van der Waals surface area contributed by atoms with Gasteiger partial charge in [-0.2, -0.15) is 0 Å². The van der Waals surface area contributed by atoms with Crippen LogP contribution in [0.4, 0.5) is 0 Å². The van der Waals surface area contributed by atoms with Gasteiger partial charge < -0.3 is 18.9 Å². The highest BCUT2D eigenvalue weighted by Gasteiger charge is 2.33. The standard InChI is InChI=1S/C37H30BrClN2O5S/c1-43-29-15-11-24(19-30(29)44-2)34-27-14-10-23-6-4-5-7-26(23)33(27)40-37-41(34)36(42)32(47-37)18-22-16-28(38)35(31(17-22)45-3)46-20-21-8-12-25(39)13-9-21/h4-9,11-13,15-19,34H,10,14,20H2,1-3H3/b32-18+/t34-/m0/s1. The molecule has 10 heteroatoms. The van der Waals surface area contributed by atoms with Crippen LogP contribution < -0.4 is 33.8 Å². The lowest BCUT2D eigenvalue weighted by atomic mass is 9.83. The van der Waals surface area contributed by atoms with E-state index in [4.69, 9.17) is 35.5 Å². The lowest BCUT2D eigenvalue weighted by molar-refractivity contribution is 0.282. The minimum absolute atomic E-state index is 0.114. The van der Waals surface area contributed by atoms with Crippen LogP contribution in [0.3, 0.4) is 0 Å². The Hall–Kier alpha value is -4.31. The Labute approximate surface area is 289 Å². The number of fused-ring (bicyclic) bond motifs is 3. The van der Waals surface area contributed by atoms with Crippen LogP contribution in [0.1, 0.15) is 40.3 Å². The molecule has 0 N–H and O–H groups in total. The lowest BCUT2D eigenvalue weighted by Crippen LogP contribution is -2.38. The molecule has 2 aliphatic rings. The maximum atomic E-state index is 14.3. The van der Waals surface area contributed by atoms with E-state index < -0.39 is 0 Å². The van der Waals surface area contributed by atoms with E-state index in [-0.39, 0.29) is 11.6 Å². The zero-order valence-electron chi connectivity index (χ0n) is 25.9. The average molecular weight is 730 g/mol. The van der Waals surface area contributed by atoms with E-state index in [1.807, 2.05) is 71.3 Å². The van der Waals surface area contributed by atoms with Crippen LogP contribution in [0.15, 0.2) is 98.7 Å². The SMILES string of the molecule is COc1ccc([C@H]2C3=C(N=c4s/c(=C/c5cc(Br)c(OCc6ccc(Cl)cc6)c(OC)c5)c(=O)n42)c2ccccc2CC3)cc1OC. The predicted octanol–water partition coefficient (Wildman–Crippen LogP) is 7.34. The van der Waals surface area contributed by atoms with Crippen LogP contribution >= 0.6 is 38.9 Å². The highest BCUT2D eigenvalue weighted by Crippen LogP contribution is 2.43. The second kappa shape index (κ2) is 13.1. The number of hydrogen-bond acceptors (Lipinski definition) is 7. The fraction of sp³-hybridized carbons (Fsp3) is 0.189. The van der Waals surface area contributed by atoms with Gasteiger partial charge in [-0.25, -0.2) is 4.99 Å². The van der Waals surface area contributed by atoms with Crippen molar-refractivity contribution in [2.24, 2.45) is 4.99 Å². The van der Waals surface area contributed by atoms with Crippen LogP contribution in [0.2, 0.25) is 5.02 Å². The highest BCUT2D eigenvalue weighted by atomic mass is 79.9. The summed E-state index contributed by atoms with van der Waals surface area (Å²) >= 11 is 11.1. The van der Waals surface area contributed by atoms with E-state index in [9.17, 15) is 4.79 Å². The van der Waals surface area contributed by atoms with Gasteiger partial charge in [0.25, 0.3) is 5.56 Å².